The van der Waals surface area contributed by atoms with E-state index in [1.165, 1.54) is 10.9 Å². The Labute approximate surface area is 167 Å². The summed E-state index contributed by atoms with van der Waals surface area (Å²) < 4.78 is 7.33. The van der Waals surface area contributed by atoms with Gasteiger partial charge in [0.2, 0.25) is 0 Å². The second-order valence-corrected chi connectivity index (χ2v) is 7.90. The maximum atomic E-state index is 12.0. The molecule has 0 aliphatic carbocycles. The highest BCUT2D eigenvalue weighted by Crippen LogP contribution is 2.27. The van der Waals surface area contributed by atoms with E-state index in [1.807, 2.05) is 38.1 Å². The van der Waals surface area contributed by atoms with Crippen LogP contribution in [0.25, 0.3) is 16.6 Å². The third-order valence-electron chi connectivity index (χ3n) is 4.47. The third-order valence-corrected chi connectivity index (χ3v) is 5.47. The van der Waals surface area contributed by atoms with Crippen molar-refractivity contribution >= 4 is 34.3 Å². The number of esters is 1. The molecule has 142 valence electrons. The summed E-state index contributed by atoms with van der Waals surface area (Å²) in [6, 6.07) is 17.9. The van der Waals surface area contributed by atoms with Gasteiger partial charge in [-0.15, -0.1) is 10.2 Å². The molecule has 0 aliphatic rings. The highest BCUT2D eigenvalue weighted by molar-refractivity contribution is 7.98. The van der Waals surface area contributed by atoms with E-state index in [0.29, 0.717) is 5.56 Å². The average Bonchev–Trinajstić information content (AvgIpc) is 3.09. The number of hydrogen-bond donors (Lipinski definition) is 0. The number of fused-ring (bicyclic) bond motifs is 3. The molecule has 5 nitrogen and oxygen atoms in total. The van der Waals surface area contributed by atoms with Gasteiger partial charge in [0.25, 0.3) is 0 Å². The van der Waals surface area contributed by atoms with Crippen LogP contribution in [0.1, 0.15) is 35.3 Å². The first-order valence-electron chi connectivity index (χ1n) is 9.19. The average molecular weight is 391 g/mol. The molecule has 0 saturated carbocycles. The number of rotatable bonds is 5. The summed E-state index contributed by atoms with van der Waals surface area (Å²) in [5.74, 6) is 0.446. The second-order valence-electron chi connectivity index (χ2n) is 6.96. The first-order valence-corrected chi connectivity index (χ1v) is 10.2. The molecule has 0 unspecified atom stereocenters. The summed E-state index contributed by atoms with van der Waals surface area (Å²) in [6.07, 6.45) is -0.123. The highest BCUT2D eigenvalue weighted by atomic mass is 32.2. The molecule has 2 aromatic heterocycles. The number of hydrogen-bond acceptors (Lipinski definition) is 5. The molecule has 0 bridgehead atoms. The summed E-state index contributed by atoms with van der Waals surface area (Å²) in [4.78, 5) is 12.0. The largest absolute Gasteiger partial charge is 0.459 e. The SMILES string of the molecule is Cc1cc2nnc(SCc3ccc(C(=O)OC(C)C)cc3)n2c2ccccc12. The summed E-state index contributed by atoms with van der Waals surface area (Å²) in [6.45, 7) is 5.78. The lowest BCUT2D eigenvalue weighted by Gasteiger charge is -2.09. The zero-order valence-corrected chi connectivity index (χ0v) is 16.9. The Bertz CT molecular complexity index is 1150. The van der Waals surface area contributed by atoms with E-state index >= 15 is 0 Å². The van der Waals surface area contributed by atoms with Gasteiger partial charge in [-0.05, 0) is 56.2 Å². The molecule has 2 aromatic carbocycles. The van der Waals surface area contributed by atoms with E-state index in [9.17, 15) is 4.79 Å². The summed E-state index contributed by atoms with van der Waals surface area (Å²) in [5, 5.41) is 10.8. The van der Waals surface area contributed by atoms with Crippen LogP contribution in [0.5, 0.6) is 0 Å². The van der Waals surface area contributed by atoms with Crippen LogP contribution >= 0.6 is 11.8 Å². The molecule has 0 radical (unpaired) electrons. The van der Waals surface area contributed by atoms with Crippen LogP contribution in [0.4, 0.5) is 0 Å². The first-order chi connectivity index (χ1) is 13.5. The van der Waals surface area contributed by atoms with Crippen LogP contribution in [0.15, 0.2) is 59.8 Å². The Morgan fingerprint density at radius 2 is 1.86 bits per heavy atom. The molecule has 0 spiro atoms. The zero-order valence-electron chi connectivity index (χ0n) is 16.0. The number of ether oxygens (including phenoxy) is 1. The van der Waals surface area contributed by atoms with E-state index in [0.717, 1.165) is 27.6 Å². The van der Waals surface area contributed by atoms with Gasteiger partial charge in [0, 0.05) is 11.1 Å². The molecule has 6 heteroatoms. The van der Waals surface area contributed by atoms with Gasteiger partial charge in [0.1, 0.15) is 0 Å². The lowest BCUT2D eigenvalue weighted by molar-refractivity contribution is 0.0378. The van der Waals surface area contributed by atoms with Gasteiger partial charge in [-0.3, -0.25) is 4.40 Å². The fourth-order valence-electron chi connectivity index (χ4n) is 3.14. The van der Waals surface area contributed by atoms with Gasteiger partial charge in [-0.2, -0.15) is 0 Å². The number of para-hydroxylation sites is 1. The predicted molar refractivity (Wildman–Crippen MR) is 112 cm³/mol. The van der Waals surface area contributed by atoms with Crippen molar-refractivity contribution in [1.82, 2.24) is 14.6 Å². The van der Waals surface area contributed by atoms with Crippen molar-refractivity contribution in [2.75, 3.05) is 0 Å². The molecule has 0 fully saturated rings. The van der Waals surface area contributed by atoms with E-state index in [-0.39, 0.29) is 12.1 Å². The van der Waals surface area contributed by atoms with Gasteiger partial charge in [0.15, 0.2) is 10.8 Å². The molecule has 0 amide bonds. The first kappa shape index (κ1) is 18.5. The Kier molecular flexibility index (Phi) is 5.05. The minimum atomic E-state index is -0.292. The number of benzene rings is 2. The van der Waals surface area contributed by atoms with Crippen LogP contribution in [-0.2, 0) is 10.5 Å². The van der Waals surface area contributed by atoms with Crippen molar-refractivity contribution in [1.29, 1.82) is 0 Å². The van der Waals surface area contributed by atoms with Gasteiger partial charge < -0.3 is 4.74 Å². The van der Waals surface area contributed by atoms with Crippen molar-refractivity contribution < 1.29 is 9.53 Å². The standard InChI is InChI=1S/C22H21N3O2S/c1-14(2)27-21(26)17-10-8-16(9-11-17)13-28-22-24-23-20-12-15(3)18-6-4-5-7-19(18)25(20)22/h4-12,14H,13H2,1-3H3. The number of nitrogens with zero attached hydrogens (tertiary/aromatic N) is 3. The molecule has 0 atom stereocenters. The van der Waals surface area contributed by atoms with Crippen molar-refractivity contribution in [3.8, 4) is 0 Å². The number of carbonyl (C=O) groups is 1. The summed E-state index contributed by atoms with van der Waals surface area (Å²) >= 11 is 1.63. The van der Waals surface area contributed by atoms with Crippen LogP contribution in [0.3, 0.4) is 0 Å². The lowest BCUT2D eigenvalue weighted by atomic mass is 10.1. The van der Waals surface area contributed by atoms with E-state index in [4.69, 9.17) is 4.74 Å². The van der Waals surface area contributed by atoms with Gasteiger partial charge in [-0.25, -0.2) is 4.79 Å². The van der Waals surface area contributed by atoms with Crippen molar-refractivity contribution in [3.05, 3.63) is 71.3 Å². The minimum Gasteiger partial charge on any atom is -0.459 e. The van der Waals surface area contributed by atoms with E-state index < -0.39 is 0 Å². The van der Waals surface area contributed by atoms with E-state index in [1.54, 1.807) is 23.9 Å². The van der Waals surface area contributed by atoms with Crippen LogP contribution in [0, 0.1) is 6.92 Å². The molecule has 0 aliphatic heterocycles. The van der Waals surface area contributed by atoms with Crippen LogP contribution in [0.2, 0.25) is 0 Å². The quantitative estimate of drug-likeness (QED) is 0.352. The zero-order chi connectivity index (χ0) is 19.7. The smallest absolute Gasteiger partial charge is 0.338 e. The van der Waals surface area contributed by atoms with Gasteiger partial charge in [-0.1, -0.05) is 42.1 Å². The molecular formula is C22H21N3O2S. The van der Waals surface area contributed by atoms with Crippen molar-refractivity contribution in [2.24, 2.45) is 0 Å². The van der Waals surface area contributed by atoms with Crippen LogP contribution < -0.4 is 0 Å². The van der Waals surface area contributed by atoms with E-state index in [2.05, 4.69) is 39.7 Å². The molecule has 2 heterocycles. The van der Waals surface area contributed by atoms with Crippen molar-refractivity contribution in [2.45, 2.75) is 37.8 Å². The van der Waals surface area contributed by atoms with Crippen LogP contribution in [-0.4, -0.2) is 26.7 Å². The normalized spacial score (nSPS) is 11.4. The topological polar surface area (TPSA) is 56.5 Å². The highest BCUT2D eigenvalue weighted by Gasteiger charge is 2.12. The fraction of sp³-hybridized carbons (Fsp3) is 0.227. The Morgan fingerprint density at radius 1 is 1.11 bits per heavy atom. The predicted octanol–water partition coefficient (Wildman–Crippen LogP) is 5.05. The molecular weight excluding hydrogens is 370 g/mol. The van der Waals surface area contributed by atoms with Crippen molar-refractivity contribution in [3.63, 3.8) is 0 Å². The number of aromatic nitrogens is 3. The fourth-order valence-corrected chi connectivity index (χ4v) is 4.04. The number of carbonyl (C=O) groups excluding carboxylic acids is 1. The minimum absolute atomic E-state index is 0.123. The van der Waals surface area contributed by atoms with Gasteiger partial charge >= 0.3 is 5.97 Å². The third kappa shape index (κ3) is 3.60. The Balaban J connectivity index is 1.56. The maximum absolute atomic E-state index is 12.0. The summed E-state index contributed by atoms with van der Waals surface area (Å²) in [7, 11) is 0. The summed E-state index contributed by atoms with van der Waals surface area (Å²) in [5.41, 5.74) is 4.83. The lowest BCUT2D eigenvalue weighted by Crippen LogP contribution is -2.11. The maximum Gasteiger partial charge on any atom is 0.338 e. The molecule has 0 saturated heterocycles. The monoisotopic (exact) mass is 391 g/mol. The number of pyridine rings is 1. The Hall–Kier alpha value is -2.86. The Morgan fingerprint density at radius 3 is 2.61 bits per heavy atom. The number of aryl methyl sites for hydroxylation is 1. The number of thioether (sulfide) groups is 1. The molecule has 0 N–H and O–H groups in total. The van der Waals surface area contributed by atoms with Gasteiger partial charge in [0.05, 0.1) is 17.2 Å². The molecule has 4 aromatic rings. The second kappa shape index (κ2) is 7.64. The molecule has 28 heavy (non-hydrogen) atoms. The molecule has 4 rings (SSSR count).